The molecule has 1 fully saturated rings. The largest absolute Gasteiger partial charge is 0.488 e. The van der Waals surface area contributed by atoms with Gasteiger partial charge < -0.3 is 4.74 Å². The van der Waals surface area contributed by atoms with E-state index in [0.717, 1.165) is 29.6 Å². The Balaban J connectivity index is 1.99. The molecule has 0 saturated heterocycles. The van der Waals surface area contributed by atoms with E-state index in [1.54, 1.807) is 16.2 Å². The SMILES string of the molecule is Cn1c(=O)n(C)c2c(OC3CCCCCC3)cccc21. The molecule has 0 radical (unpaired) electrons. The second-order valence-electron chi connectivity index (χ2n) is 5.76. The maximum atomic E-state index is 12.1. The lowest BCUT2D eigenvalue weighted by atomic mass is 10.1. The Morgan fingerprint density at radius 2 is 1.75 bits per heavy atom. The van der Waals surface area contributed by atoms with Gasteiger partial charge in [-0.1, -0.05) is 18.9 Å². The number of hydrogen-bond donors (Lipinski definition) is 0. The zero-order chi connectivity index (χ0) is 14.1. The molecule has 4 heteroatoms. The van der Waals surface area contributed by atoms with E-state index in [1.165, 1.54) is 25.7 Å². The van der Waals surface area contributed by atoms with Crippen molar-refractivity contribution >= 4 is 11.0 Å². The second kappa shape index (κ2) is 5.35. The Morgan fingerprint density at radius 3 is 2.45 bits per heavy atom. The summed E-state index contributed by atoms with van der Waals surface area (Å²) in [6.45, 7) is 0. The highest BCUT2D eigenvalue weighted by atomic mass is 16.5. The van der Waals surface area contributed by atoms with Gasteiger partial charge in [0.25, 0.3) is 0 Å². The maximum absolute atomic E-state index is 12.1. The van der Waals surface area contributed by atoms with Crippen molar-refractivity contribution in [3.05, 3.63) is 28.7 Å². The number of aryl methyl sites for hydroxylation is 2. The average Bonchev–Trinajstić information content (AvgIpc) is 2.67. The first-order valence-corrected chi connectivity index (χ1v) is 7.49. The number of aromatic nitrogens is 2. The van der Waals surface area contributed by atoms with Crippen LogP contribution in [0.3, 0.4) is 0 Å². The molecule has 1 aromatic heterocycles. The molecule has 1 saturated carbocycles. The number of rotatable bonds is 2. The Labute approximate surface area is 119 Å². The Kier molecular flexibility index (Phi) is 3.55. The first-order chi connectivity index (χ1) is 9.68. The predicted molar refractivity (Wildman–Crippen MR) is 80.3 cm³/mol. The summed E-state index contributed by atoms with van der Waals surface area (Å²) in [4.78, 5) is 12.1. The van der Waals surface area contributed by atoms with Crippen LogP contribution in [-0.2, 0) is 14.1 Å². The molecule has 1 aromatic carbocycles. The van der Waals surface area contributed by atoms with Crippen molar-refractivity contribution in [2.24, 2.45) is 14.1 Å². The van der Waals surface area contributed by atoms with Gasteiger partial charge in [0.1, 0.15) is 11.3 Å². The fourth-order valence-electron chi connectivity index (χ4n) is 3.18. The first-order valence-electron chi connectivity index (χ1n) is 7.49. The molecule has 108 valence electrons. The normalized spacial score (nSPS) is 17.3. The lowest BCUT2D eigenvalue weighted by Gasteiger charge is -2.17. The third-order valence-electron chi connectivity index (χ3n) is 4.34. The third-order valence-corrected chi connectivity index (χ3v) is 4.34. The molecule has 0 unspecified atom stereocenters. The third kappa shape index (κ3) is 2.23. The van der Waals surface area contributed by atoms with Crippen molar-refractivity contribution < 1.29 is 4.74 Å². The summed E-state index contributed by atoms with van der Waals surface area (Å²) in [7, 11) is 3.62. The van der Waals surface area contributed by atoms with Crippen LogP contribution in [0.15, 0.2) is 23.0 Å². The molecule has 0 atom stereocenters. The standard InChI is InChI=1S/C16H22N2O2/c1-17-13-10-7-11-14(15(13)18(2)16(17)19)20-12-8-5-3-4-6-9-12/h7,10-12H,3-6,8-9H2,1-2H3. The molecule has 1 aliphatic rings. The van der Waals surface area contributed by atoms with Gasteiger partial charge in [0.05, 0.1) is 11.6 Å². The number of ether oxygens (including phenoxy) is 1. The number of benzene rings is 1. The zero-order valence-electron chi connectivity index (χ0n) is 12.3. The Bertz CT molecular complexity index is 661. The summed E-state index contributed by atoms with van der Waals surface area (Å²) in [5, 5.41) is 0. The highest BCUT2D eigenvalue weighted by Crippen LogP contribution is 2.28. The minimum Gasteiger partial charge on any atom is -0.488 e. The lowest BCUT2D eigenvalue weighted by molar-refractivity contribution is 0.185. The van der Waals surface area contributed by atoms with Crippen LogP contribution in [0.2, 0.25) is 0 Å². The van der Waals surface area contributed by atoms with E-state index in [1.807, 2.05) is 25.2 Å². The van der Waals surface area contributed by atoms with Gasteiger partial charge >= 0.3 is 5.69 Å². The van der Waals surface area contributed by atoms with E-state index < -0.39 is 0 Å². The molecule has 20 heavy (non-hydrogen) atoms. The molecule has 0 aliphatic heterocycles. The molecule has 0 bridgehead atoms. The number of para-hydroxylation sites is 1. The quantitative estimate of drug-likeness (QED) is 0.789. The number of nitrogens with zero attached hydrogens (tertiary/aromatic N) is 2. The number of fused-ring (bicyclic) bond motifs is 1. The molecule has 4 nitrogen and oxygen atoms in total. The predicted octanol–water partition coefficient (Wildman–Crippen LogP) is 2.98. The fraction of sp³-hybridized carbons (Fsp3) is 0.562. The van der Waals surface area contributed by atoms with Crippen molar-refractivity contribution in [1.29, 1.82) is 0 Å². The van der Waals surface area contributed by atoms with Crippen LogP contribution in [0.1, 0.15) is 38.5 Å². The molecule has 1 aliphatic carbocycles. The molecule has 0 amide bonds. The van der Waals surface area contributed by atoms with Gasteiger partial charge in [-0.15, -0.1) is 0 Å². The molecule has 0 spiro atoms. The molecular weight excluding hydrogens is 252 g/mol. The van der Waals surface area contributed by atoms with Gasteiger partial charge in [0.2, 0.25) is 0 Å². The molecule has 2 aromatic rings. The molecule has 3 rings (SSSR count). The van der Waals surface area contributed by atoms with Gasteiger partial charge in [-0.05, 0) is 37.8 Å². The van der Waals surface area contributed by atoms with Crippen molar-refractivity contribution in [2.75, 3.05) is 0 Å². The van der Waals surface area contributed by atoms with Gasteiger partial charge in [0.15, 0.2) is 0 Å². The van der Waals surface area contributed by atoms with E-state index >= 15 is 0 Å². The number of imidazole rings is 1. The van der Waals surface area contributed by atoms with Gasteiger partial charge in [-0.3, -0.25) is 9.13 Å². The van der Waals surface area contributed by atoms with Crippen LogP contribution >= 0.6 is 0 Å². The van der Waals surface area contributed by atoms with E-state index in [9.17, 15) is 4.79 Å². The summed E-state index contributed by atoms with van der Waals surface area (Å²) in [6, 6.07) is 5.91. The molecule has 0 N–H and O–H groups in total. The minimum atomic E-state index is -0.00286. The van der Waals surface area contributed by atoms with Crippen molar-refractivity contribution in [2.45, 2.75) is 44.6 Å². The maximum Gasteiger partial charge on any atom is 0.328 e. The van der Waals surface area contributed by atoms with Crippen LogP contribution in [0.4, 0.5) is 0 Å². The van der Waals surface area contributed by atoms with Gasteiger partial charge in [-0.2, -0.15) is 0 Å². The summed E-state index contributed by atoms with van der Waals surface area (Å²) < 4.78 is 9.58. The van der Waals surface area contributed by atoms with E-state index in [0.29, 0.717) is 6.10 Å². The van der Waals surface area contributed by atoms with Crippen LogP contribution in [0, 0.1) is 0 Å². The number of hydrogen-bond acceptors (Lipinski definition) is 2. The van der Waals surface area contributed by atoms with Crippen LogP contribution in [-0.4, -0.2) is 15.2 Å². The zero-order valence-corrected chi connectivity index (χ0v) is 12.3. The van der Waals surface area contributed by atoms with Crippen molar-refractivity contribution in [3.63, 3.8) is 0 Å². The van der Waals surface area contributed by atoms with E-state index in [-0.39, 0.29) is 5.69 Å². The van der Waals surface area contributed by atoms with Crippen molar-refractivity contribution in [1.82, 2.24) is 9.13 Å². The second-order valence-corrected chi connectivity index (χ2v) is 5.76. The molecule has 1 heterocycles. The van der Waals surface area contributed by atoms with Crippen LogP contribution in [0.25, 0.3) is 11.0 Å². The summed E-state index contributed by atoms with van der Waals surface area (Å²) in [6.07, 6.45) is 7.65. The monoisotopic (exact) mass is 274 g/mol. The summed E-state index contributed by atoms with van der Waals surface area (Å²) in [5.41, 5.74) is 1.84. The molecular formula is C16H22N2O2. The smallest absolute Gasteiger partial charge is 0.328 e. The van der Waals surface area contributed by atoms with Gasteiger partial charge in [0, 0.05) is 14.1 Å². The van der Waals surface area contributed by atoms with E-state index in [2.05, 4.69) is 0 Å². The van der Waals surface area contributed by atoms with Crippen molar-refractivity contribution in [3.8, 4) is 5.75 Å². The highest BCUT2D eigenvalue weighted by molar-refractivity contribution is 5.82. The highest BCUT2D eigenvalue weighted by Gasteiger charge is 2.17. The van der Waals surface area contributed by atoms with Crippen LogP contribution in [0.5, 0.6) is 5.75 Å². The fourth-order valence-corrected chi connectivity index (χ4v) is 3.18. The summed E-state index contributed by atoms with van der Waals surface area (Å²) >= 11 is 0. The topological polar surface area (TPSA) is 36.2 Å². The first kappa shape index (κ1) is 13.3. The minimum absolute atomic E-state index is 0.00286. The Morgan fingerprint density at radius 1 is 1.05 bits per heavy atom. The van der Waals surface area contributed by atoms with E-state index in [4.69, 9.17) is 4.74 Å². The van der Waals surface area contributed by atoms with Crippen LogP contribution < -0.4 is 10.4 Å². The average molecular weight is 274 g/mol. The summed E-state index contributed by atoms with van der Waals surface area (Å²) in [5.74, 6) is 0.842. The van der Waals surface area contributed by atoms with Gasteiger partial charge in [-0.25, -0.2) is 4.79 Å². The lowest BCUT2D eigenvalue weighted by Crippen LogP contribution is -2.19. The Hall–Kier alpha value is -1.71.